The maximum atomic E-state index is 15.1. The van der Waals surface area contributed by atoms with Gasteiger partial charge in [0, 0.05) is 33.4 Å². The second-order valence-corrected chi connectivity index (χ2v) is 12.1. The molecule has 0 bridgehead atoms. The van der Waals surface area contributed by atoms with Gasteiger partial charge in [0.25, 0.3) is 0 Å². The Morgan fingerprint density at radius 1 is 1.31 bits per heavy atom. The van der Waals surface area contributed by atoms with E-state index in [4.69, 9.17) is 5.73 Å². The van der Waals surface area contributed by atoms with Gasteiger partial charge in [0.05, 0.1) is 23.3 Å². The van der Waals surface area contributed by atoms with Gasteiger partial charge in [-0.3, -0.25) is 14.5 Å². The van der Waals surface area contributed by atoms with Crippen molar-refractivity contribution in [3.05, 3.63) is 86.5 Å². The highest BCUT2D eigenvalue weighted by atomic mass is 79.9. The van der Waals surface area contributed by atoms with E-state index in [0.717, 1.165) is 5.56 Å². The molecule has 1 unspecified atom stereocenters. The molecule has 1 amide bonds. The Hall–Kier alpha value is -3.53. The molecule has 198 valence electrons. The summed E-state index contributed by atoms with van der Waals surface area (Å²) in [5.74, 6) is -1.58. The van der Waals surface area contributed by atoms with E-state index in [1.165, 1.54) is 29.2 Å². The Kier molecular flexibility index (Phi) is 7.83. The van der Waals surface area contributed by atoms with Crippen molar-refractivity contribution >= 4 is 61.5 Å². The van der Waals surface area contributed by atoms with E-state index in [1.54, 1.807) is 17.0 Å². The van der Waals surface area contributed by atoms with E-state index in [9.17, 15) is 14.9 Å². The molecule has 2 aromatic carbocycles. The smallest absolute Gasteiger partial charge is 0.234 e. The number of Topliss-reactive ketones (excluding diaryl/α,β-unsaturated/α-hetero) is 1. The molecule has 8 nitrogen and oxygen atoms in total. The van der Waals surface area contributed by atoms with Gasteiger partial charge in [-0.1, -0.05) is 57.2 Å². The summed E-state index contributed by atoms with van der Waals surface area (Å²) in [5, 5.41) is 21.8. The number of hydrogen-bond acceptors (Lipinski definition) is 9. The molecular formula is C27H22BrFN6O2S2. The molecule has 0 fully saturated rings. The number of nitrogens with two attached hydrogens (primary N) is 1. The van der Waals surface area contributed by atoms with Crippen LogP contribution in [0.4, 0.5) is 15.2 Å². The average molecular weight is 626 g/mol. The third kappa shape index (κ3) is 5.48. The van der Waals surface area contributed by atoms with Crippen molar-refractivity contribution in [3.63, 3.8) is 0 Å². The van der Waals surface area contributed by atoms with Gasteiger partial charge in [0.2, 0.25) is 11.0 Å². The summed E-state index contributed by atoms with van der Waals surface area (Å²) in [6, 6.07) is 14.2. The molecule has 2 heterocycles. The second-order valence-electron chi connectivity index (χ2n) is 9.04. The standard InChI is InChI=1S/C27H22BrFN6O2S2/c1-14-4-2-5-16(10-14)32-22(37)13-38-27-34-33-26(39-27)35-20-6-3-7-21(36)24(20)23(18(12-30)25(35)31)17-9-8-15(28)11-19(17)29/h2,4-5,8-11,23H,3,6-7,13,31H2,1H3,(H,32,37). The molecule has 0 spiro atoms. The Balaban J connectivity index is 1.44. The van der Waals surface area contributed by atoms with Crippen LogP contribution in [0.2, 0.25) is 0 Å². The summed E-state index contributed by atoms with van der Waals surface area (Å²) in [4.78, 5) is 27.3. The van der Waals surface area contributed by atoms with Crippen LogP contribution in [0.15, 0.2) is 73.9 Å². The van der Waals surface area contributed by atoms with Crippen molar-refractivity contribution in [1.82, 2.24) is 10.2 Å². The van der Waals surface area contributed by atoms with E-state index in [0.29, 0.717) is 50.2 Å². The largest absolute Gasteiger partial charge is 0.384 e. The fourth-order valence-electron chi connectivity index (χ4n) is 4.75. The number of halogens is 2. The number of nitrogens with zero attached hydrogens (tertiary/aromatic N) is 4. The van der Waals surface area contributed by atoms with E-state index in [-0.39, 0.29) is 34.4 Å². The van der Waals surface area contributed by atoms with Crippen LogP contribution < -0.4 is 16.0 Å². The van der Waals surface area contributed by atoms with E-state index in [2.05, 4.69) is 37.5 Å². The first-order valence-corrected chi connectivity index (χ1v) is 14.6. The molecule has 0 saturated carbocycles. The number of ketones is 1. The summed E-state index contributed by atoms with van der Waals surface area (Å²) in [5.41, 5.74) is 9.53. The number of nitrogens with one attached hydrogen (secondary N) is 1. The molecule has 2 aliphatic rings. The van der Waals surface area contributed by atoms with Crippen LogP contribution in [-0.4, -0.2) is 27.6 Å². The lowest BCUT2D eigenvalue weighted by atomic mass is 9.75. The summed E-state index contributed by atoms with van der Waals surface area (Å²) in [6.07, 6.45) is 1.40. The number of aryl methyl sites for hydroxylation is 1. The third-order valence-corrected chi connectivity index (χ3v) is 8.94. The van der Waals surface area contributed by atoms with Crippen molar-refractivity contribution in [2.24, 2.45) is 5.73 Å². The first-order chi connectivity index (χ1) is 18.8. The maximum absolute atomic E-state index is 15.1. The highest BCUT2D eigenvalue weighted by Gasteiger charge is 2.42. The van der Waals surface area contributed by atoms with Gasteiger partial charge in [0.15, 0.2) is 10.1 Å². The number of rotatable bonds is 6. The lowest BCUT2D eigenvalue weighted by Gasteiger charge is -2.38. The minimum atomic E-state index is -0.908. The zero-order valence-electron chi connectivity index (χ0n) is 20.7. The van der Waals surface area contributed by atoms with Gasteiger partial charge in [-0.05, 0) is 49.6 Å². The Bertz CT molecular complexity index is 1590. The van der Waals surface area contributed by atoms with Gasteiger partial charge >= 0.3 is 0 Å². The van der Waals surface area contributed by atoms with Crippen LogP contribution in [0.1, 0.15) is 36.3 Å². The molecule has 1 atom stereocenters. The van der Waals surface area contributed by atoms with E-state index < -0.39 is 11.7 Å². The van der Waals surface area contributed by atoms with Crippen LogP contribution in [0.25, 0.3) is 0 Å². The Morgan fingerprint density at radius 3 is 2.87 bits per heavy atom. The lowest BCUT2D eigenvalue weighted by Crippen LogP contribution is -2.38. The summed E-state index contributed by atoms with van der Waals surface area (Å²) < 4.78 is 16.2. The Labute approximate surface area is 240 Å². The van der Waals surface area contributed by atoms with Gasteiger partial charge in [-0.25, -0.2) is 4.39 Å². The van der Waals surface area contributed by atoms with Crippen molar-refractivity contribution in [2.75, 3.05) is 16.0 Å². The van der Waals surface area contributed by atoms with Gasteiger partial charge in [-0.15, -0.1) is 10.2 Å². The molecule has 1 aromatic heterocycles. The molecule has 1 aliphatic carbocycles. The molecule has 39 heavy (non-hydrogen) atoms. The molecule has 5 rings (SSSR count). The van der Waals surface area contributed by atoms with Crippen LogP contribution in [0.3, 0.4) is 0 Å². The number of carbonyl (C=O) groups is 2. The van der Waals surface area contributed by atoms with Crippen molar-refractivity contribution < 1.29 is 14.0 Å². The normalized spacial score (nSPS) is 17.2. The zero-order valence-corrected chi connectivity index (χ0v) is 23.9. The van der Waals surface area contributed by atoms with Gasteiger partial charge in [-0.2, -0.15) is 5.26 Å². The zero-order chi connectivity index (χ0) is 27.7. The van der Waals surface area contributed by atoms with Crippen molar-refractivity contribution in [3.8, 4) is 6.07 Å². The quantitative estimate of drug-likeness (QED) is 0.330. The predicted molar refractivity (Wildman–Crippen MR) is 152 cm³/mol. The highest BCUT2D eigenvalue weighted by Crippen LogP contribution is 2.47. The van der Waals surface area contributed by atoms with Crippen LogP contribution in [0, 0.1) is 24.1 Å². The molecule has 12 heteroatoms. The van der Waals surface area contributed by atoms with Crippen molar-refractivity contribution in [1.29, 1.82) is 5.26 Å². The van der Waals surface area contributed by atoms with Crippen molar-refractivity contribution in [2.45, 2.75) is 36.4 Å². The summed E-state index contributed by atoms with van der Waals surface area (Å²) >= 11 is 5.68. The second kappa shape index (κ2) is 11.3. The number of anilines is 2. The number of amides is 1. The number of allylic oxidation sites excluding steroid dienone is 3. The van der Waals surface area contributed by atoms with E-state index in [1.807, 2.05) is 31.2 Å². The van der Waals surface area contributed by atoms with Crippen LogP contribution in [-0.2, 0) is 9.59 Å². The number of carbonyl (C=O) groups excluding carboxylic acids is 2. The Morgan fingerprint density at radius 2 is 2.13 bits per heavy atom. The topological polar surface area (TPSA) is 125 Å². The molecule has 1 aliphatic heterocycles. The monoisotopic (exact) mass is 624 g/mol. The fourth-order valence-corrected chi connectivity index (χ4v) is 6.76. The number of nitriles is 1. The third-order valence-electron chi connectivity index (χ3n) is 6.40. The SMILES string of the molecule is Cc1cccc(NC(=O)CSc2nnc(N3C(N)=C(C#N)C(c4ccc(Br)cc4F)C4=C3CCCC4=O)s2)c1. The number of thioether (sulfide) groups is 1. The lowest BCUT2D eigenvalue weighted by molar-refractivity contribution is -0.116. The van der Waals surface area contributed by atoms with Crippen LogP contribution in [0.5, 0.6) is 0 Å². The fraction of sp³-hybridized carbons (Fsp3) is 0.222. The molecule has 3 N–H and O–H groups in total. The average Bonchev–Trinajstić information content (AvgIpc) is 3.36. The summed E-state index contributed by atoms with van der Waals surface area (Å²) in [6.45, 7) is 1.95. The van der Waals surface area contributed by atoms with Crippen LogP contribution >= 0.6 is 39.0 Å². The highest BCUT2D eigenvalue weighted by molar-refractivity contribution is 9.10. The number of hydrogen-bond donors (Lipinski definition) is 2. The maximum Gasteiger partial charge on any atom is 0.234 e. The van der Waals surface area contributed by atoms with Gasteiger partial charge < -0.3 is 11.1 Å². The first-order valence-electron chi connectivity index (χ1n) is 12.0. The minimum absolute atomic E-state index is 0.0761. The molecular weight excluding hydrogens is 603 g/mol. The minimum Gasteiger partial charge on any atom is -0.384 e. The number of aromatic nitrogens is 2. The molecule has 0 radical (unpaired) electrons. The van der Waals surface area contributed by atoms with E-state index >= 15 is 4.39 Å². The first kappa shape index (κ1) is 27.1. The summed E-state index contributed by atoms with van der Waals surface area (Å²) in [7, 11) is 0. The number of benzene rings is 2. The predicted octanol–water partition coefficient (Wildman–Crippen LogP) is 5.78. The molecule has 0 saturated heterocycles. The van der Waals surface area contributed by atoms with Gasteiger partial charge in [0.1, 0.15) is 11.6 Å². The molecule has 3 aromatic rings.